The molecule has 21 heavy (non-hydrogen) atoms. The highest BCUT2D eigenvalue weighted by Crippen LogP contribution is 2.18. The molecule has 1 aromatic rings. The number of methoxy groups -OCH3 is 1. The second-order valence-corrected chi connectivity index (χ2v) is 6.44. The second-order valence-electron chi connectivity index (χ2n) is 6.44. The molecule has 0 aliphatic rings. The summed E-state index contributed by atoms with van der Waals surface area (Å²) in [5.74, 6) is 0.659. The topological polar surface area (TPSA) is 32.7 Å². The summed E-state index contributed by atoms with van der Waals surface area (Å²) in [6.45, 7) is 10.9. The summed E-state index contributed by atoms with van der Waals surface area (Å²) < 4.78 is 5.14. The number of hydrogen-bond donors (Lipinski definition) is 1. The molecule has 0 saturated heterocycles. The van der Waals surface area contributed by atoms with E-state index in [0.29, 0.717) is 25.1 Å². The van der Waals surface area contributed by atoms with E-state index in [9.17, 15) is 5.11 Å². The van der Waals surface area contributed by atoms with E-state index in [1.165, 1.54) is 5.56 Å². The van der Waals surface area contributed by atoms with Crippen LogP contribution in [0.1, 0.15) is 44.9 Å². The molecular formula is C18H31NO2. The molecule has 0 spiro atoms. The Morgan fingerprint density at radius 1 is 1.10 bits per heavy atom. The van der Waals surface area contributed by atoms with Gasteiger partial charge in [-0.1, -0.05) is 38.1 Å². The maximum absolute atomic E-state index is 10.4. The number of rotatable bonds is 9. The van der Waals surface area contributed by atoms with Crippen LogP contribution < -0.4 is 0 Å². The van der Waals surface area contributed by atoms with Crippen LogP contribution in [0.2, 0.25) is 0 Å². The van der Waals surface area contributed by atoms with Gasteiger partial charge in [-0.25, -0.2) is 0 Å². The third-order valence-electron chi connectivity index (χ3n) is 3.73. The normalized spacial score (nSPS) is 13.4. The van der Waals surface area contributed by atoms with Crippen molar-refractivity contribution >= 4 is 0 Å². The van der Waals surface area contributed by atoms with Crippen molar-refractivity contribution in [2.75, 3.05) is 26.8 Å². The van der Waals surface area contributed by atoms with Gasteiger partial charge in [0.25, 0.3) is 0 Å². The van der Waals surface area contributed by atoms with Crippen LogP contribution in [0.15, 0.2) is 24.3 Å². The average Bonchev–Trinajstić information content (AvgIpc) is 2.43. The van der Waals surface area contributed by atoms with Crippen molar-refractivity contribution in [2.45, 2.75) is 46.3 Å². The number of nitrogens with zero attached hydrogens (tertiary/aromatic N) is 1. The van der Waals surface area contributed by atoms with Gasteiger partial charge < -0.3 is 9.84 Å². The summed E-state index contributed by atoms with van der Waals surface area (Å²) in [6.07, 6.45) is 0.639. The molecular weight excluding hydrogens is 262 g/mol. The minimum atomic E-state index is -0.447. The average molecular weight is 293 g/mol. The molecule has 0 amide bonds. The van der Waals surface area contributed by atoms with E-state index >= 15 is 0 Å². The lowest BCUT2D eigenvalue weighted by molar-refractivity contribution is 0.0721. The van der Waals surface area contributed by atoms with Crippen LogP contribution in [0.5, 0.6) is 0 Å². The zero-order chi connectivity index (χ0) is 15.8. The first-order valence-electron chi connectivity index (χ1n) is 7.94. The first-order valence-corrected chi connectivity index (χ1v) is 7.94. The number of aliphatic hydroxyl groups excluding tert-OH is 1. The summed E-state index contributed by atoms with van der Waals surface area (Å²) in [5, 5.41) is 10.4. The van der Waals surface area contributed by atoms with Gasteiger partial charge in [0, 0.05) is 26.2 Å². The van der Waals surface area contributed by atoms with Gasteiger partial charge in [-0.05, 0) is 37.3 Å². The first kappa shape index (κ1) is 18.1. The first-order chi connectivity index (χ1) is 9.93. The van der Waals surface area contributed by atoms with Crippen molar-refractivity contribution in [2.24, 2.45) is 5.92 Å². The molecule has 1 atom stereocenters. The Kier molecular flexibility index (Phi) is 7.94. The van der Waals surface area contributed by atoms with Gasteiger partial charge in [0.05, 0.1) is 12.7 Å². The fourth-order valence-corrected chi connectivity index (χ4v) is 2.44. The van der Waals surface area contributed by atoms with Crippen LogP contribution in [0.4, 0.5) is 0 Å². The Hall–Kier alpha value is -0.900. The summed E-state index contributed by atoms with van der Waals surface area (Å²) >= 11 is 0. The van der Waals surface area contributed by atoms with Gasteiger partial charge >= 0.3 is 0 Å². The van der Waals surface area contributed by atoms with Gasteiger partial charge in [-0.15, -0.1) is 0 Å². The minimum absolute atomic E-state index is 0.398. The Morgan fingerprint density at radius 3 is 2.19 bits per heavy atom. The van der Waals surface area contributed by atoms with Crippen LogP contribution in [-0.4, -0.2) is 42.9 Å². The molecule has 120 valence electrons. The SMILES string of the molecule is COCCN(CC(O)c1ccc(CC(C)C)cc1)C(C)C. The molecule has 0 aliphatic heterocycles. The zero-order valence-electron chi connectivity index (χ0n) is 14.2. The van der Waals surface area contributed by atoms with Gasteiger partial charge in [-0.3, -0.25) is 4.90 Å². The molecule has 0 aliphatic carbocycles. The fraction of sp³-hybridized carbons (Fsp3) is 0.667. The highest BCUT2D eigenvalue weighted by atomic mass is 16.5. The molecule has 1 aromatic carbocycles. The van der Waals surface area contributed by atoms with E-state index < -0.39 is 6.10 Å². The molecule has 3 nitrogen and oxygen atoms in total. The molecule has 0 aromatic heterocycles. The second kappa shape index (κ2) is 9.19. The summed E-state index contributed by atoms with van der Waals surface area (Å²) in [5.41, 5.74) is 2.33. The van der Waals surface area contributed by atoms with Crippen molar-refractivity contribution in [1.82, 2.24) is 4.90 Å². The maximum Gasteiger partial charge on any atom is 0.0917 e. The Bertz CT molecular complexity index is 387. The van der Waals surface area contributed by atoms with Crippen molar-refractivity contribution < 1.29 is 9.84 Å². The number of ether oxygens (including phenoxy) is 1. The predicted molar refractivity (Wildman–Crippen MR) is 88.5 cm³/mol. The fourth-order valence-electron chi connectivity index (χ4n) is 2.44. The standard InChI is InChI=1S/C18H31NO2/c1-14(2)12-16-6-8-17(9-7-16)18(20)13-19(15(3)4)10-11-21-5/h6-9,14-15,18,20H,10-13H2,1-5H3. The lowest BCUT2D eigenvalue weighted by atomic mass is 10.00. The van der Waals surface area contributed by atoms with E-state index in [1.807, 2.05) is 0 Å². The van der Waals surface area contributed by atoms with E-state index in [0.717, 1.165) is 18.5 Å². The Balaban J connectivity index is 2.62. The summed E-state index contributed by atoms with van der Waals surface area (Å²) in [6, 6.07) is 8.77. The maximum atomic E-state index is 10.4. The zero-order valence-corrected chi connectivity index (χ0v) is 14.2. The molecule has 1 N–H and O–H groups in total. The van der Waals surface area contributed by atoms with E-state index in [-0.39, 0.29) is 0 Å². The van der Waals surface area contributed by atoms with Crippen LogP contribution >= 0.6 is 0 Å². The molecule has 3 heteroatoms. The van der Waals surface area contributed by atoms with Crippen LogP contribution in [-0.2, 0) is 11.2 Å². The quantitative estimate of drug-likeness (QED) is 0.758. The van der Waals surface area contributed by atoms with E-state index in [2.05, 4.69) is 56.9 Å². The summed E-state index contributed by atoms with van der Waals surface area (Å²) in [7, 11) is 1.71. The smallest absolute Gasteiger partial charge is 0.0917 e. The monoisotopic (exact) mass is 293 g/mol. The highest BCUT2D eigenvalue weighted by molar-refractivity contribution is 5.24. The molecule has 0 radical (unpaired) electrons. The predicted octanol–water partition coefficient (Wildman–Crippen LogP) is 3.28. The third-order valence-corrected chi connectivity index (χ3v) is 3.73. The Labute approximate surface area is 129 Å². The molecule has 0 saturated carbocycles. The number of hydrogen-bond acceptors (Lipinski definition) is 3. The Morgan fingerprint density at radius 2 is 1.71 bits per heavy atom. The van der Waals surface area contributed by atoms with Crippen molar-refractivity contribution in [3.05, 3.63) is 35.4 Å². The van der Waals surface area contributed by atoms with Gasteiger partial charge in [0.15, 0.2) is 0 Å². The lowest BCUT2D eigenvalue weighted by Crippen LogP contribution is -2.37. The van der Waals surface area contributed by atoms with Crippen molar-refractivity contribution in [3.8, 4) is 0 Å². The van der Waals surface area contributed by atoms with Gasteiger partial charge in [-0.2, -0.15) is 0 Å². The molecule has 0 fully saturated rings. The van der Waals surface area contributed by atoms with Crippen LogP contribution in [0.25, 0.3) is 0 Å². The van der Waals surface area contributed by atoms with E-state index in [1.54, 1.807) is 7.11 Å². The van der Waals surface area contributed by atoms with Gasteiger partial charge in [0.2, 0.25) is 0 Å². The highest BCUT2D eigenvalue weighted by Gasteiger charge is 2.16. The van der Waals surface area contributed by atoms with Crippen LogP contribution in [0.3, 0.4) is 0 Å². The molecule has 0 bridgehead atoms. The third kappa shape index (κ3) is 6.60. The van der Waals surface area contributed by atoms with Gasteiger partial charge in [0.1, 0.15) is 0 Å². The van der Waals surface area contributed by atoms with Crippen LogP contribution in [0, 0.1) is 5.92 Å². The largest absolute Gasteiger partial charge is 0.387 e. The van der Waals surface area contributed by atoms with Crippen molar-refractivity contribution in [3.63, 3.8) is 0 Å². The summed E-state index contributed by atoms with van der Waals surface area (Å²) in [4.78, 5) is 2.25. The van der Waals surface area contributed by atoms with E-state index in [4.69, 9.17) is 4.74 Å². The molecule has 1 rings (SSSR count). The number of benzene rings is 1. The molecule has 0 heterocycles. The molecule has 1 unspecified atom stereocenters. The lowest BCUT2D eigenvalue weighted by Gasteiger charge is -2.28. The number of aliphatic hydroxyl groups is 1. The minimum Gasteiger partial charge on any atom is -0.387 e. The van der Waals surface area contributed by atoms with Crippen molar-refractivity contribution in [1.29, 1.82) is 0 Å².